The Labute approximate surface area is 231 Å². The number of piperidine rings is 1. The van der Waals surface area contributed by atoms with Crippen LogP contribution in [0.15, 0.2) is 30.5 Å². The number of amides is 1. The van der Waals surface area contributed by atoms with Crippen LogP contribution in [-0.4, -0.2) is 84.5 Å². The summed E-state index contributed by atoms with van der Waals surface area (Å²) in [5.74, 6) is 2.23. The largest absolute Gasteiger partial charge is 0.487 e. The lowest BCUT2D eigenvalue weighted by Crippen LogP contribution is -2.64. The van der Waals surface area contributed by atoms with Gasteiger partial charge in [-0.15, -0.1) is 0 Å². The predicted octanol–water partition coefficient (Wildman–Crippen LogP) is 4.74. The normalized spacial score (nSPS) is 24.0. The summed E-state index contributed by atoms with van der Waals surface area (Å²) >= 11 is 0. The molecule has 0 bridgehead atoms. The van der Waals surface area contributed by atoms with Crippen LogP contribution in [0.1, 0.15) is 57.6 Å². The third kappa shape index (κ3) is 5.52. The molecule has 9 nitrogen and oxygen atoms in total. The molecule has 2 atom stereocenters. The molecule has 0 radical (unpaired) electrons. The summed E-state index contributed by atoms with van der Waals surface area (Å²) in [4.78, 5) is 23.8. The standard InChI is InChI=1S/C30H41N5O4/c1-20-15-22(8-10-35(20)23-17-34(18-23)29(36)39-30(2,3)4)21-5-6-27-25(16-21)32-28-24(19-38-27)26(7-9-31-28)33-11-13-37-14-12-33/h5-7,9,16,20,22-23H,8,10-15,17-19H2,1-4H3,(H,31,32)/t20-,22+/m1/s1. The van der Waals surface area contributed by atoms with Gasteiger partial charge in [0, 0.05) is 50.1 Å². The van der Waals surface area contributed by atoms with E-state index in [0.717, 1.165) is 81.6 Å². The molecule has 2 aromatic rings. The predicted molar refractivity (Wildman–Crippen MR) is 151 cm³/mol. The number of hydrogen-bond donors (Lipinski definition) is 1. The van der Waals surface area contributed by atoms with Crippen molar-refractivity contribution in [2.45, 2.75) is 70.7 Å². The van der Waals surface area contributed by atoms with Crippen LogP contribution in [0.25, 0.3) is 0 Å². The molecule has 5 heterocycles. The van der Waals surface area contributed by atoms with Crippen LogP contribution in [0, 0.1) is 0 Å². The molecule has 0 aliphatic carbocycles. The van der Waals surface area contributed by atoms with Gasteiger partial charge in [-0.2, -0.15) is 0 Å². The summed E-state index contributed by atoms with van der Waals surface area (Å²) in [6.45, 7) is 14.3. The molecular weight excluding hydrogens is 494 g/mol. The number of likely N-dealkylation sites (tertiary alicyclic amines) is 2. The Morgan fingerprint density at radius 2 is 1.92 bits per heavy atom. The van der Waals surface area contributed by atoms with Crippen molar-refractivity contribution < 1.29 is 19.0 Å². The second-order valence-corrected chi connectivity index (χ2v) is 12.3. The van der Waals surface area contributed by atoms with Gasteiger partial charge in [-0.05, 0) is 76.8 Å². The van der Waals surface area contributed by atoms with Crippen molar-refractivity contribution in [2.24, 2.45) is 0 Å². The van der Waals surface area contributed by atoms with Gasteiger partial charge in [0.05, 0.1) is 24.5 Å². The lowest BCUT2D eigenvalue weighted by Gasteiger charge is -2.50. The highest BCUT2D eigenvalue weighted by atomic mass is 16.6. The molecule has 4 aliphatic heterocycles. The van der Waals surface area contributed by atoms with Gasteiger partial charge in [0.25, 0.3) is 0 Å². The molecule has 3 saturated heterocycles. The van der Waals surface area contributed by atoms with Crippen molar-refractivity contribution in [2.75, 3.05) is 56.2 Å². The monoisotopic (exact) mass is 535 g/mol. The number of carbonyl (C=O) groups excluding carboxylic acids is 1. The summed E-state index contributed by atoms with van der Waals surface area (Å²) in [5.41, 5.74) is 4.14. The van der Waals surface area contributed by atoms with E-state index in [2.05, 4.69) is 51.3 Å². The summed E-state index contributed by atoms with van der Waals surface area (Å²) in [6, 6.07) is 9.55. The minimum absolute atomic E-state index is 0.200. The quantitative estimate of drug-likeness (QED) is 0.604. The third-order valence-electron chi connectivity index (χ3n) is 8.39. The number of benzene rings is 1. The van der Waals surface area contributed by atoms with Crippen molar-refractivity contribution in [3.05, 3.63) is 41.6 Å². The van der Waals surface area contributed by atoms with Gasteiger partial charge in [0.1, 0.15) is 23.8 Å². The van der Waals surface area contributed by atoms with Crippen LogP contribution in [-0.2, 0) is 16.1 Å². The van der Waals surface area contributed by atoms with E-state index in [4.69, 9.17) is 14.2 Å². The number of anilines is 3. The number of hydrogen-bond acceptors (Lipinski definition) is 8. The van der Waals surface area contributed by atoms with E-state index in [1.807, 2.05) is 31.9 Å². The highest BCUT2D eigenvalue weighted by Gasteiger charge is 2.40. The van der Waals surface area contributed by atoms with E-state index < -0.39 is 5.60 Å². The summed E-state index contributed by atoms with van der Waals surface area (Å²) in [6.07, 6.45) is 3.88. The first-order valence-electron chi connectivity index (χ1n) is 14.3. The maximum Gasteiger partial charge on any atom is 0.410 e. The molecule has 1 aromatic carbocycles. The fourth-order valence-electron chi connectivity index (χ4n) is 6.31. The molecule has 0 spiro atoms. The summed E-state index contributed by atoms with van der Waals surface area (Å²) in [7, 11) is 0. The van der Waals surface area contributed by atoms with Crippen molar-refractivity contribution in [3.63, 3.8) is 0 Å². The van der Waals surface area contributed by atoms with Crippen molar-refractivity contribution in [3.8, 4) is 5.75 Å². The first-order valence-corrected chi connectivity index (χ1v) is 14.3. The van der Waals surface area contributed by atoms with Gasteiger partial charge in [-0.1, -0.05) is 6.07 Å². The Morgan fingerprint density at radius 1 is 1.13 bits per heavy atom. The highest BCUT2D eigenvalue weighted by Crippen LogP contribution is 2.41. The molecule has 4 aliphatic rings. The molecule has 6 rings (SSSR count). The Balaban J connectivity index is 1.10. The number of nitrogens with one attached hydrogen (secondary N) is 1. The zero-order valence-corrected chi connectivity index (χ0v) is 23.6. The first-order chi connectivity index (χ1) is 18.7. The minimum atomic E-state index is -0.454. The van der Waals surface area contributed by atoms with E-state index in [-0.39, 0.29) is 6.09 Å². The number of morpholine rings is 1. The smallest absolute Gasteiger partial charge is 0.410 e. The molecular formula is C30H41N5O4. The van der Waals surface area contributed by atoms with Crippen LogP contribution in [0.5, 0.6) is 5.75 Å². The number of aromatic nitrogens is 1. The molecule has 0 unspecified atom stereocenters. The molecule has 210 valence electrons. The maximum absolute atomic E-state index is 12.4. The Bertz CT molecular complexity index is 1200. The highest BCUT2D eigenvalue weighted by molar-refractivity contribution is 5.73. The van der Waals surface area contributed by atoms with Crippen LogP contribution in [0.2, 0.25) is 0 Å². The average molecular weight is 536 g/mol. The molecule has 9 heteroatoms. The number of pyridine rings is 1. The van der Waals surface area contributed by atoms with Crippen molar-refractivity contribution >= 4 is 23.3 Å². The van der Waals surface area contributed by atoms with Crippen molar-refractivity contribution in [1.29, 1.82) is 0 Å². The van der Waals surface area contributed by atoms with Crippen LogP contribution in [0.4, 0.5) is 22.0 Å². The molecule has 3 fully saturated rings. The number of carbonyl (C=O) groups is 1. The lowest BCUT2D eigenvalue weighted by molar-refractivity contribution is -0.0310. The number of rotatable bonds is 3. The summed E-state index contributed by atoms with van der Waals surface area (Å²) < 4.78 is 17.4. The average Bonchev–Trinajstić information content (AvgIpc) is 3.07. The second kappa shape index (κ2) is 10.5. The van der Waals surface area contributed by atoms with Gasteiger partial charge < -0.3 is 29.3 Å². The first kappa shape index (κ1) is 26.2. The van der Waals surface area contributed by atoms with Crippen molar-refractivity contribution in [1.82, 2.24) is 14.8 Å². The van der Waals surface area contributed by atoms with Gasteiger partial charge in [-0.3, -0.25) is 4.90 Å². The van der Waals surface area contributed by atoms with Gasteiger partial charge >= 0.3 is 6.09 Å². The topological polar surface area (TPSA) is 79.4 Å². The lowest BCUT2D eigenvalue weighted by atomic mass is 9.84. The number of ether oxygens (including phenoxy) is 3. The van der Waals surface area contributed by atoms with E-state index >= 15 is 0 Å². The third-order valence-corrected chi connectivity index (χ3v) is 8.39. The van der Waals surface area contributed by atoms with Crippen LogP contribution < -0.4 is 15.0 Å². The molecule has 1 amide bonds. The number of fused-ring (bicyclic) bond motifs is 2. The summed E-state index contributed by atoms with van der Waals surface area (Å²) in [5, 5.41) is 3.60. The number of nitrogens with zero attached hydrogens (tertiary/aromatic N) is 4. The van der Waals surface area contributed by atoms with E-state index in [1.165, 1.54) is 11.3 Å². The van der Waals surface area contributed by atoms with E-state index in [9.17, 15) is 4.79 Å². The second-order valence-electron chi connectivity index (χ2n) is 12.3. The Morgan fingerprint density at radius 3 is 2.67 bits per heavy atom. The zero-order valence-electron chi connectivity index (χ0n) is 23.6. The van der Waals surface area contributed by atoms with Crippen LogP contribution >= 0.6 is 0 Å². The fraction of sp³-hybridized carbons (Fsp3) is 0.600. The van der Waals surface area contributed by atoms with Gasteiger partial charge in [0.15, 0.2) is 0 Å². The SMILES string of the molecule is C[C@@H]1C[C@@H](c2ccc3c(c2)Nc2nccc(N4CCOCC4)c2CO3)CCN1C1CN(C(=O)OC(C)(C)C)C1. The van der Waals surface area contributed by atoms with Gasteiger partial charge in [-0.25, -0.2) is 9.78 Å². The maximum atomic E-state index is 12.4. The van der Waals surface area contributed by atoms with Gasteiger partial charge in [0.2, 0.25) is 0 Å². The fourth-order valence-corrected chi connectivity index (χ4v) is 6.31. The van der Waals surface area contributed by atoms with E-state index in [1.54, 1.807) is 0 Å². The molecule has 1 N–H and O–H groups in total. The molecule has 0 saturated carbocycles. The molecule has 39 heavy (non-hydrogen) atoms. The zero-order chi connectivity index (χ0) is 27.1. The Kier molecular flexibility index (Phi) is 7.05. The Hall–Kier alpha value is -3.04. The minimum Gasteiger partial charge on any atom is -0.487 e. The van der Waals surface area contributed by atoms with E-state index in [0.29, 0.717) is 24.6 Å². The van der Waals surface area contributed by atoms with Crippen LogP contribution in [0.3, 0.4) is 0 Å². The molecule has 1 aromatic heterocycles.